The van der Waals surface area contributed by atoms with Gasteiger partial charge in [0.2, 0.25) is 0 Å². The van der Waals surface area contributed by atoms with Crippen LogP contribution in [0.1, 0.15) is 24.2 Å². The Balaban J connectivity index is 1.59. The van der Waals surface area contributed by atoms with Crippen molar-refractivity contribution in [1.29, 1.82) is 0 Å². The summed E-state index contributed by atoms with van der Waals surface area (Å²) in [6.07, 6.45) is 7.82. The van der Waals surface area contributed by atoms with Gasteiger partial charge in [0.25, 0.3) is 0 Å². The molecule has 6 heteroatoms. The lowest BCUT2D eigenvalue weighted by Crippen LogP contribution is -2.42. The summed E-state index contributed by atoms with van der Waals surface area (Å²) in [6.45, 7) is 5.13. The number of nitrogens with one attached hydrogen (secondary N) is 1. The Morgan fingerprint density at radius 1 is 1.38 bits per heavy atom. The minimum Gasteiger partial charge on any atom is -0.366 e. The highest BCUT2D eigenvalue weighted by molar-refractivity contribution is 5.35. The van der Waals surface area contributed by atoms with Gasteiger partial charge in [-0.25, -0.2) is 15.0 Å². The molecular weight excluding hydrogens is 264 g/mol. The van der Waals surface area contributed by atoms with E-state index in [1.54, 1.807) is 6.33 Å². The maximum absolute atomic E-state index is 4.29. The Morgan fingerprint density at radius 3 is 3.05 bits per heavy atom. The summed E-state index contributed by atoms with van der Waals surface area (Å²) in [4.78, 5) is 15.1. The third-order valence-corrected chi connectivity index (χ3v) is 3.96. The molecule has 0 bridgehead atoms. The molecule has 0 radical (unpaired) electrons. The summed E-state index contributed by atoms with van der Waals surface area (Å²) in [5.74, 6) is 0.926. The number of hydrogen-bond donors (Lipinski definition) is 1. The number of aryl methyl sites for hydroxylation is 2. The molecule has 1 aliphatic heterocycles. The zero-order valence-electron chi connectivity index (χ0n) is 12.7. The summed E-state index contributed by atoms with van der Waals surface area (Å²) in [5, 5.41) is 3.53. The Hall–Kier alpha value is -1.95. The molecule has 6 nitrogen and oxygen atoms in total. The summed E-state index contributed by atoms with van der Waals surface area (Å²) in [5.41, 5.74) is 2.25. The first-order chi connectivity index (χ1) is 10.2. The van der Waals surface area contributed by atoms with E-state index >= 15 is 0 Å². The molecular formula is C15H22N6. The highest BCUT2D eigenvalue weighted by Gasteiger charge is 2.20. The van der Waals surface area contributed by atoms with E-state index in [0.717, 1.165) is 31.1 Å². The van der Waals surface area contributed by atoms with Gasteiger partial charge in [0.05, 0.1) is 12.0 Å². The van der Waals surface area contributed by atoms with Crippen LogP contribution in [0.2, 0.25) is 0 Å². The van der Waals surface area contributed by atoms with E-state index in [2.05, 4.69) is 29.7 Å². The second kappa shape index (κ2) is 6.22. The van der Waals surface area contributed by atoms with Crippen molar-refractivity contribution in [3.63, 3.8) is 0 Å². The summed E-state index contributed by atoms with van der Waals surface area (Å²) < 4.78 is 2.09. The molecule has 3 rings (SSSR count). The van der Waals surface area contributed by atoms with Crippen LogP contribution in [0.25, 0.3) is 0 Å². The van der Waals surface area contributed by atoms with E-state index in [9.17, 15) is 0 Å². The molecule has 1 saturated heterocycles. The van der Waals surface area contributed by atoms with Crippen molar-refractivity contribution in [2.45, 2.75) is 32.4 Å². The number of anilines is 1. The number of rotatable bonds is 4. The van der Waals surface area contributed by atoms with E-state index in [0.29, 0.717) is 6.04 Å². The summed E-state index contributed by atoms with van der Waals surface area (Å²) in [7, 11) is 2.05. The predicted octanol–water partition coefficient (Wildman–Crippen LogP) is 1.60. The van der Waals surface area contributed by atoms with Crippen molar-refractivity contribution in [2.75, 3.05) is 18.4 Å². The number of imidazole rings is 1. The zero-order chi connectivity index (χ0) is 14.7. The van der Waals surface area contributed by atoms with Gasteiger partial charge in [0.15, 0.2) is 0 Å². The van der Waals surface area contributed by atoms with Crippen molar-refractivity contribution >= 4 is 5.82 Å². The van der Waals surface area contributed by atoms with Gasteiger partial charge in [-0.1, -0.05) is 0 Å². The van der Waals surface area contributed by atoms with Gasteiger partial charge < -0.3 is 9.88 Å². The molecule has 2 aromatic heterocycles. The van der Waals surface area contributed by atoms with Gasteiger partial charge in [-0.05, 0) is 26.3 Å². The second-order valence-electron chi connectivity index (χ2n) is 5.76. The SMILES string of the molecule is Cc1cc(NC2CCCN(Cc3cncn3C)C2)ncn1. The van der Waals surface area contributed by atoms with E-state index in [4.69, 9.17) is 0 Å². The number of likely N-dealkylation sites (tertiary alicyclic amines) is 1. The first-order valence-electron chi connectivity index (χ1n) is 7.43. The van der Waals surface area contributed by atoms with Crippen LogP contribution in [-0.2, 0) is 13.6 Å². The van der Waals surface area contributed by atoms with E-state index in [-0.39, 0.29) is 0 Å². The molecule has 3 heterocycles. The predicted molar refractivity (Wildman–Crippen MR) is 81.9 cm³/mol. The van der Waals surface area contributed by atoms with Crippen LogP contribution in [-0.4, -0.2) is 43.6 Å². The molecule has 0 aromatic carbocycles. The van der Waals surface area contributed by atoms with Crippen molar-refractivity contribution in [1.82, 2.24) is 24.4 Å². The number of hydrogen-bond acceptors (Lipinski definition) is 5. The molecule has 112 valence electrons. The fourth-order valence-corrected chi connectivity index (χ4v) is 2.83. The molecule has 0 aliphatic carbocycles. The Labute approximate surface area is 125 Å². The fraction of sp³-hybridized carbons (Fsp3) is 0.533. The molecule has 0 amide bonds. The Morgan fingerprint density at radius 2 is 2.29 bits per heavy atom. The molecule has 1 atom stereocenters. The molecule has 0 spiro atoms. The monoisotopic (exact) mass is 286 g/mol. The highest BCUT2D eigenvalue weighted by atomic mass is 15.2. The number of piperidine rings is 1. The second-order valence-corrected chi connectivity index (χ2v) is 5.76. The molecule has 2 aromatic rings. The molecule has 1 fully saturated rings. The minimum absolute atomic E-state index is 0.446. The molecule has 21 heavy (non-hydrogen) atoms. The first kappa shape index (κ1) is 14.0. The molecule has 1 N–H and O–H groups in total. The van der Waals surface area contributed by atoms with Gasteiger partial charge >= 0.3 is 0 Å². The quantitative estimate of drug-likeness (QED) is 0.925. The number of aromatic nitrogens is 4. The molecule has 1 aliphatic rings. The maximum Gasteiger partial charge on any atom is 0.129 e. The van der Waals surface area contributed by atoms with Crippen molar-refractivity contribution in [2.24, 2.45) is 7.05 Å². The summed E-state index contributed by atoms with van der Waals surface area (Å²) in [6, 6.07) is 2.45. The van der Waals surface area contributed by atoms with Crippen LogP contribution in [0, 0.1) is 6.92 Å². The third kappa shape index (κ3) is 3.58. The zero-order valence-corrected chi connectivity index (χ0v) is 12.7. The molecule has 0 saturated carbocycles. The van der Waals surface area contributed by atoms with Crippen molar-refractivity contribution < 1.29 is 0 Å². The standard InChI is InChI=1S/C15H22N6/c1-12-6-15(18-10-17-12)19-13-4-3-5-21(8-13)9-14-7-16-11-20(14)2/h6-7,10-11,13H,3-5,8-9H2,1-2H3,(H,17,18,19). The summed E-state index contributed by atoms with van der Waals surface area (Å²) >= 11 is 0. The van der Waals surface area contributed by atoms with Crippen LogP contribution in [0.15, 0.2) is 24.9 Å². The average molecular weight is 286 g/mol. The van der Waals surface area contributed by atoms with Gasteiger partial charge in [-0.2, -0.15) is 0 Å². The van der Waals surface area contributed by atoms with Crippen LogP contribution in [0.3, 0.4) is 0 Å². The highest BCUT2D eigenvalue weighted by Crippen LogP contribution is 2.16. The van der Waals surface area contributed by atoms with Crippen LogP contribution >= 0.6 is 0 Å². The third-order valence-electron chi connectivity index (χ3n) is 3.96. The smallest absolute Gasteiger partial charge is 0.129 e. The normalized spacial score (nSPS) is 19.6. The van der Waals surface area contributed by atoms with Crippen LogP contribution in [0.5, 0.6) is 0 Å². The maximum atomic E-state index is 4.29. The van der Waals surface area contributed by atoms with Crippen LogP contribution in [0.4, 0.5) is 5.82 Å². The first-order valence-corrected chi connectivity index (χ1v) is 7.43. The van der Waals surface area contributed by atoms with E-state index in [1.807, 2.05) is 32.6 Å². The van der Waals surface area contributed by atoms with Crippen molar-refractivity contribution in [3.8, 4) is 0 Å². The lowest BCUT2D eigenvalue weighted by molar-refractivity contribution is 0.204. The van der Waals surface area contributed by atoms with E-state index in [1.165, 1.54) is 18.5 Å². The van der Waals surface area contributed by atoms with E-state index < -0.39 is 0 Å². The lowest BCUT2D eigenvalue weighted by atomic mass is 10.1. The lowest BCUT2D eigenvalue weighted by Gasteiger charge is -2.33. The van der Waals surface area contributed by atoms with Gasteiger partial charge in [-0.3, -0.25) is 4.90 Å². The van der Waals surface area contributed by atoms with Crippen molar-refractivity contribution in [3.05, 3.63) is 36.3 Å². The Bertz CT molecular complexity index is 593. The van der Waals surface area contributed by atoms with Gasteiger partial charge in [-0.15, -0.1) is 0 Å². The topological polar surface area (TPSA) is 58.9 Å². The number of nitrogens with zero attached hydrogens (tertiary/aromatic N) is 5. The van der Waals surface area contributed by atoms with Gasteiger partial charge in [0.1, 0.15) is 12.1 Å². The fourth-order valence-electron chi connectivity index (χ4n) is 2.83. The Kier molecular flexibility index (Phi) is 4.15. The average Bonchev–Trinajstić information content (AvgIpc) is 2.85. The molecule has 1 unspecified atom stereocenters. The minimum atomic E-state index is 0.446. The largest absolute Gasteiger partial charge is 0.366 e. The van der Waals surface area contributed by atoms with Gasteiger partial charge in [0, 0.05) is 44.1 Å². The van der Waals surface area contributed by atoms with Crippen LogP contribution < -0.4 is 5.32 Å².